The highest BCUT2D eigenvalue weighted by Crippen LogP contribution is 2.24. The molecule has 5 nitrogen and oxygen atoms in total. The lowest BCUT2D eigenvalue weighted by atomic mass is 10.1. The molecule has 1 heterocycles. The van der Waals surface area contributed by atoms with Gasteiger partial charge in [0, 0.05) is 0 Å². The molecule has 1 aromatic carbocycles. The molecule has 2 N–H and O–H groups in total. The van der Waals surface area contributed by atoms with Crippen molar-refractivity contribution in [2.24, 2.45) is 0 Å². The maximum absolute atomic E-state index is 11.4. The van der Waals surface area contributed by atoms with Crippen LogP contribution in [0, 0.1) is 0 Å². The van der Waals surface area contributed by atoms with Crippen LogP contribution in [0.1, 0.15) is 12.5 Å². The van der Waals surface area contributed by atoms with E-state index in [-0.39, 0.29) is 12.4 Å². The molecule has 1 aromatic heterocycles. The molecule has 84 valence electrons. The average Bonchev–Trinajstić information content (AvgIpc) is 2.62. The predicted octanol–water partition coefficient (Wildman–Crippen LogP) is 1.52. The second-order valence-corrected chi connectivity index (χ2v) is 3.34. The zero-order chi connectivity index (χ0) is 11.5. The number of hydrogen-bond acceptors (Lipinski definition) is 5. The van der Waals surface area contributed by atoms with E-state index in [9.17, 15) is 4.79 Å². The lowest BCUT2D eigenvalue weighted by molar-refractivity contribution is -0.142. The molecule has 0 radical (unpaired) electrons. The smallest absolute Gasteiger partial charge is 0.310 e. The lowest BCUT2D eigenvalue weighted by Crippen LogP contribution is -2.07. The van der Waals surface area contributed by atoms with E-state index in [4.69, 9.17) is 15.0 Å². The molecular weight excluding hydrogens is 208 g/mol. The molecular formula is C11H12N2O3. The number of nitrogens with zero attached hydrogens (tertiary/aromatic N) is 1. The Morgan fingerprint density at radius 2 is 2.38 bits per heavy atom. The number of carbonyl (C=O) groups excluding carboxylic acids is 1. The Hall–Kier alpha value is -2.04. The molecule has 0 atom stereocenters. The molecule has 2 aromatic rings. The van der Waals surface area contributed by atoms with E-state index < -0.39 is 0 Å². The van der Waals surface area contributed by atoms with Crippen LogP contribution in [0.4, 0.5) is 5.82 Å². The maximum Gasteiger partial charge on any atom is 0.310 e. The fraction of sp³-hybridized carbons (Fsp3) is 0.273. The maximum atomic E-state index is 11.4. The van der Waals surface area contributed by atoms with Crippen molar-refractivity contribution in [3.05, 3.63) is 23.8 Å². The Morgan fingerprint density at radius 1 is 1.56 bits per heavy atom. The van der Waals surface area contributed by atoms with Crippen molar-refractivity contribution in [3.8, 4) is 0 Å². The van der Waals surface area contributed by atoms with Gasteiger partial charge in [-0.1, -0.05) is 17.3 Å². The zero-order valence-electron chi connectivity index (χ0n) is 8.90. The monoisotopic (exact) mass is 220 g/mol. The highest BCUT2D eigenvalue weighted by molar-refractivity contribution is 5.92. The first-order chi connectivity index (χ1) is 7.72. The summed E-state index contributed by atoms with van der Waals surface area (Å²) >= 11 is 0. The summed E-state index contributed by atoms with van der Waals surface area (Å²) in [6, 6.07) is 5.36. The van der Waals surface area contributed by atoms with Gasteiger partial charge in [0.15, 0.2) is 11.4 Å². The first-order valence-corrected chi connectivity index (χ1v) is 5.00. The van der Waals surface area contributed by atoms with Crippen LogP contribution in [0.5, 0.6) is 0 Å². The molecule has 5 heteroatoms. The average molecular weight is 220 g/mol. The van der Waals surface area contributed by atoms with Gasteiger partial charge in [0.2, 0.25) is 0 Å². The van der Waals surface area contributed by atoms with Gasteiger partial charge in [-0.15, -0.1) is 0 Å². The Balaban J connectivity index is 2.36. The Bertz CT molecular complexity index is 519. The number of carbonyl (C=O) groups is 1. The van der Waals surface area contributed by atoms with Crippen molar-refractivity contribution in [2.75, 3.05) is 12.3 Å². The molecule has 0 fully saturated rings. The van der Waals surface area contributed by atoms with Crippen molar-refractivity contribution in [3.63, 3.8) is 0 Å². The van der Waals surface area contributed by atoms with Gasteiger partial charge in [-0.2, -0.15) is 0 Å². The quantitative estimate of drug-likeness (QED) is 0.793. The van der Waals surface area contributed by atoms with Crippen LogP contribution in [0.2, 0.25) is 0 Å². The summed E-state index contributed by atoms with van der Waals surface area (Å²) < 4.78 is 9.88. The highest BCUT2D eigenvalue weighted by Gasteiger charge is 2.13. The van der Waals surface area contributed by atoms with Gasteiger partial charge in [-0.3, -0.25) is 4.79 Å². The van der Waals surface area contributed by atoms with Crippen molar-refractivity contribution in [1.29, 1.82) is 0 Å². The summed E-state index contributed by atoms with van der Waals surface area (Å²) in [4.78, 5) is 11.4. The van der Waals surface area contributed by atoms with Crippen molar-refractivity contribution in [2.45, 2.75) is 13.3 Å². The van der Waals surface area contributed by atoms with Gasteiger partial charge in [-0.05, 0) is 18.6 Å². The van der Waals surface area contributed by atoms with Gasteiger partial charge >= 0.3 is 5.97 Å². The first-order valence-electron chi connectivity index (χ1n) is 5.00. The molecule has 0 spiro atoms. The number of rotatable bonds is 3. The normalized spacial score (nSPS) is 10.6. The summed E-state index contributed by atoms with van der Waals surface area (Å²) in [6.45, 7) is 2.14. The Labute approximate surface area is 92.2 Å². The molecule has 0 saturated carbocycles. The summed E-state index contributed by atoms with van der Waals surface area (Å²) in [5.41, 5.74) is 7.03. The number of aromatic nitrogens is 1. The van der Waals surface area contributed by atoms with E-state index in [2.05, 4.69) is 5.16 Å². The number of ether oxygens (including phenoxy) is 1. The van der Waals surface area contributed by atoms with Crippen molar-refractivity contribution >= 4 is 22.8 Å². The second kappa shape index (κ2) is 4.22. The molecule has 0 saturated heterocycles. The predicted molar refractivity (Wildman–Crippen MR) is 58.8 cm³/mol. The van der Waals surface area contributed by atoms with Gasteiger partial charge in [0.1, 0.15) is 0 Å². The fourth-order valence-corrected chi connectivity index (χ4v) is 1.60. The fourth-order valence-electron chi connectivity index (χ4n) is 1.60. The van der Waals surface area contributed by atoms with Crippen molar-refractivity contribution < 1.29 is 14.1 Å². The number of nitrogen functional groups attached to an aromatic ring is 1. The standard InChI is InChI=1S/C11H12N2O3/c1-2-15-9(14)6-7-4-3-5-8-10(7)11(12)13-16-8/h3-5H,2,6H2,1H3,(H2,12,13). The molecule has 0 aliphatic heterocycles. The Kier molecular flexibility index (Phi) is 2.76. The second-order valence-electron chi connectivity index (χ2n) is 3.34. The lowest BCUT2D eigenvalue weighted by Gasteiger charge is -2.02. The van der Waals surface area contributed by atoms with Crippen LogP contribution < -0.4 is 5.73 Å². The topological polar surface area (TPSA) is 78.3 Å². The number of anilines is 1. The Morgan fingerprint density at radius 3 is 3.12 bits per heavy atom. The number of esters is 1. The minimum Gasteiger partial charge on any atom is -0.466 e. The third-order valence-electron chi connectivity index (χ3n) is 2.25. The number of hydrogen-bond donors (Lipinski definition) is 1. The summed E-state index contributed by atoms with van der Waals surface area (Å²) in [7, 11) is 0. The molecule has 16 heavy (non-hydrogen) atoms. The van der Waals surface area contributed by atoms with Crippen LogP contribution in [-0.4, -0.2) is 17.7 Å². The molecule has 0 aliphatic carbocycles. The number of fused-ring (bicyclic) bond motifs is 1. The van der Waals surface area contributed by atoms with Crippen molar-refractivity contribution in [1.82, 2.24) is 5.16 Å². The van der Waals surface area contributed by atoms with Crippen LogP contribution in [0.15, 0.2) is 22.7 Å². The third kappa shape index (κ3) is 1.84. The summed E-state index contributed by atoms with van der Waals surface area (Å²) in [5.74, 6) is 0.0190. The molecule has 0 aliphatic rings. The van der Waals surface area contributed by atoms with Gasteiger partial charge in [0.05, 0.1) is 18.4 Å². The van der Waals surface area contributed by atoms with E-state index in [0.29, 0.717) is 23.4 Å². The van der Waals surface area contributed by atoms with Crippen LogP contribution >= 0.6 is 0 Å². The molecule has 0 bridgehead atoms. The zero-order valence-corrected chi connectivity index (χ0v) is 8.90. The highest BCUT2D eigenvalue weighted by atomic mass is 16.5. The van der Waals surface area contributed by atoms with Gasteiger partial charge < -0.3 is 15.0 Å². The van der Waals surface area contributed by atoms with E-state index in [0.717, 1.165) is 5.56 Å². The molecule has 2 rings (SSSR count). The largest absolute Gasteiger partial charge is 0.466 e. The molecule has 0 amide bonds. The van der Waals surface area contributed by atoms with E-state index in [1.54, 1.807) is 19.1 Å². The SMILES string of the molecule is CCOC(=O)Cc1cccc2onc(N)c12. The third-order valence-corrected chi connectivity index (χ3v) is 2.25. The summed E-state index contributed by atoms with van der Waals surface area (Å²) in [5, 5.41) is 4.35. The van der Waals surface area contributed by atoms with E-state index >= 15 is 0 Å². The van der Waals surface area contributed by atoms with Crippen LogP contribution in [-0.2, 0) is 16.0 Å². The van der Waals surface area contributed by atoms with E-state index in [1.807, 2.05) is 6.07 Å². The van der Waals surface area contributed by atoms with E-state index in [1.165, 1.54) is 0 Å². The van der Waals surface area contributed by atoms with Gasteiger partial charge in [-0.25, -0.2) is 0 Å². The van der Waals surface area contributed by atoms with Gasteiger partial charge in [0.25, 0.3) is 0 Å². The summed E-state index contributed by atoms with van der Waals surface area (Å²) in [6.07, 6.45) is 0.177. The minimum absolute atomic E-state index is 0.177. The number of benzene rings is 1. The van der Waals surface area contributed by atoms with Crippen LogP contribution in [0.3, 0.4) is 0 Å². The first kappa shape index (κ1) is 10.5. The number of nitrogens with two attached hydrogens (primary N) is 1. The minimum atomic E-state index is -0.282. The molecule has 0 unspecified atom stereocenters. The van der Waals surface area contributed by atoms with Crippen LogP contribution in [0.25, 0.3) is 11.0 Å².